The third-order valence-electron chi connectivity index (χ3n) is 4.28. The molecule has 0 aromatic heterocycles. The fourth-order valence-corrected chi connectivity index (χ4v) is 2.70. The molecule has 1 unspecified atom stereocenters. The Labute approximate surface area is 189 Å². The Morgan fingerprint density at radius 2 is 1.56 bits per heavy atom. The summed E-state index contributed by atoms with van der Waals surface area (Å²) < 4.78 is 29.2. The molecule has 0 saturated carbocycles. The molecule has 0 aliphatic carbocycles. The third kappa shape index (κ3) is 8.40. The molecule has 0 aliphatic heterocycles. The zero-order valence-electron chi connectivity index (χ0n) is 18.0. The average Bonchev–Trinajstić information content (AvgIpc) is 2.81. The summed E-state index contributed by atoms with van der Waals surface area (Å²) in [6, 6.07) is 20.2. The van der Waals surface area contributed by atoms with E-state index in [0.717, 1.165) is 11.1 Å². The highest BCUT2D eigenvalue weighted by molar-refractivity contribution is 5.70. The summed E-state index contributed by atoms with van der Waals surface area (Å²) in [5, 5.41) is 0. The van der Waals surface area contributed by atoms with Gasteiger partial charge in [0.25, 0.3) is 0 Å². The Kier molecular flexibility index (Phi) is 11.5. The molecule has 3 rings (SSSR count). The number of rotatable bonds is 8. The molecule has 0 fully saturated rings. The van der Waals surface area contributed by atoms with Crippen LogP contribution in [0.3, 0.4) is 0 Å². The first kappa shape index (κ1) is 26.7. The van der Waals surface area contributed by atoms with E-state index in [-0.39, 0.29) is 25.6 Å². The second-order valence-electron chi connectivity index (χ2n) is 6.45. The van der Waals surface area contributed by atoms with E-state index in [9.17, 15) is 9.18 Å². The normalized spacial score (nSPS) is 10.7. The van der Waals surface area contributed by atoms with Gasteiger partial charge in [-0.05, 0) is 59.7 Å². The molecule has 0 amide bonds. The number of hydrogen-bond acceptors (Lipinski definition) is 5. The minimum absolute atomic E-state index is 0. The molecular formula is C26H32FNO4. The van der Waals surface area contributed by atoms with Crippen LogP contribution in [-0.4, -0.2) is 13.1 Å². The third-order valence-corrected chi connectivity index (χ3v) is 4.28. The summed E-state index contributed by atoms with van der Waals surface area (Å²) in [6.07, 6.45) is 0.123. The van der Waals surface area contributed by atoms with Crippen LogP contribution in [0.25, 0.3) is 0 Å². The van der Waals surface area contributed by atoms with Gasteiger partial charge in [0, 0.05) is 6.04 Å². The summed E-state index contributed by atoms with van der Waals surface area (Å²) in [5.74, 6) is 1.23. The van der Waals surface area contributed by atoms with Crippen molar-refractivity contribution in [2.24, 2.45) is 5.73 Å². The number of benzene rings is 3. The van der Waals surface area contributed by atoms with Gasteiger partial charge in [0.05, 0.1) is 13.5 Å². The van der Waals surface area contributed by atoms with E-state index in [2.05, 4.69) is 4.74 Å². The number of ether oxygens (including phenoxy) is 3. The van der Waals surface area contributed by atoms with Crippen molar-refractivity contribution in [3.05, 3.63) is 89.7 Å². The molecule has 0 saturated heterocycles. The van der Waals surface area contributed by atoms with Crippen LogP contribution in [0, 0.1) is 5.82 Å². The van der Waals surface area contributed by atoms with E-state index in [1.54, 1.807) is 12.1 Å². The number of halogens is 1. The van der Waals surface area contributed by atoms with Gasteiger partial charge in [0.1, 0.15) is 29.7 Å². The quantitative estimate of drug-likeness (QED) is 0.408. The molecule has 0 spiro atoms. The minimum atomic E-state index is -0.420. The summed E-state index contributed by atoms with van der Waals surface area (Å²) in [5.41, 5.74) is 7.76. The topological polar surface area (TPSA) is 70.8 Å². The Bertz CT molecular complexity index is 943. The van der Waals surface area contributed by atoms with Crippen molar-refractivity contribution in [2.75, 3.05) is 7.11 Å². The number of nitrogens with two attached hydrogens (primary N) is 1. The molecule has 0 aliphatic rings. The molecule has 2 N–H and O–H groups in total. The van der Waals surface area contributed by atoms with Crippen molar-refractivity contribution < 1.29 is 23.4 Å². The minimum Gasteiger partial charge on any atom is -0.489 e. The van der Waals surface area contributed by atoms with Crippen LogP contribution in [0.2, 0.25) is 0 Å². The lowest BCUT2D eigenvalue weighted by molar-refractivity contribution is -0.141. The second-order valence-corrected chi connectivity index (χ2v) is 6.45. The van der Waals surface area contributed by atoms with Gasteiger partial charge in [-0.3, -0.25) is 4.79 Å². The van der Waals surface area contributed by atoms with Gasteiger partial charge in [0.2, 0.25) is 0 Å². The van der Waals surface area contributed by atoms with Crippen LogP contribution in [0.4, 0.5) is 4.39 Å². The Hall–Kier alpha value is -3.38. The maximum absolute atomic E-state index is 13.0. The lowest BCUT2D eigenvalue weighted by Gasteiger charge is -2.12. The average molecular weight is 442 g/mol. The van der Waals surface area contributed by atoms with Crippen LogP contribution < -0.4 is 15.2 Å². The van der Waals surface area contributed by atoms with E-state index < -0.39 is 6.04 Å². The maximum Gasteiger partial charge on any atom is 0.307 e. The Morgan fingerprint density at radius 3 is 2.19 bits per heavy atom. The molecule has 3 aromatic carbocycles. The molecule has 32 heavy (non-hydrogen) atoms. The predicted octanol–water partition coefficient (Wildman–Crippen LogP) is 6.42. The van der Waals surface area contributed by atoms with Crippen LogP contribution >= 0.6 is 0 Å². The van der Waals surface area contributed by atoms with Gasteiger partial charge in [0.15, 0.2) is 0 Å². The molecule has 1 atom stereocenters. The zero-order chi connectivity index (χ0) is 22.6. The van der Waals surface area contributed by atoms with Crippen molar-refractivity contribution in [2.45, 2.75) is 40.3 Å². The molecule has 0 radical (unpaired) electrons. The maximum atomic E-state index is 13.0. The first-order valence-corrected chi connectivity index (χ1v) is 10.1. The monoisotopic (exact) mass is 441 g/mol. The summed E-state index contributed by atoms with van der Waals surface area (Å²) in [6.45, 7) is 4.36. The van der Waals surface area contributed by atoms with E-state index in [1.165, 1.54) is 19.2 Å². The van der Waals surface area contributed by atoms with E-state index in [4.69, 9.17) is 15.2 Å². The highest BCUT2D eigenvalue weighted by Gasteiger charge is 2.12. The predicted molar refractivity (Wildman–Crippen MR) is 125 cm³/mol. The molecule has 0 bridgehead atoms. The Morgan fingerprint density at radius 1 is 0.938 bits per heavy atom. The van der Waals surface area contributed by atoms with Crippen molar-refractivity contribution in [1.82, 2.24) is 0 Å². The largest absolute Gasteiger partial charge is 0.489 e. The number of carbonyl (C=O) groups is 1. The standard InChI is InChI=1S/C23H22FNO4.C2H6.CH4/c1-27-23(26)14-22(25)17-5-9-19(10-6-17)28-15-16-3-2-4-21(13-16)29-20-11-7-18(24)8-12-20;1-2;/h2-13,22H,14-15,25H2,1H3;1-2H3;1H4. The van der Waals surface area contributed by atoms with Crippen molar-refractivity contribution >= 4 is 5.97 Å². The number of esters is 1. The van der Waals surface area contributed by atoms with Crippen LogP contribution in [0.15, 0.2) is 72.8 Å². The van der Waals surface area contributed by atoms with E-state index in [0.29, 0.717) is 23.9 Å². The zero-order valence-corrected chi connectivity index (χ0v) is 18.0. The van der Waals surface area contributed by atoms with Crippen LogP contribution in [-0.2, 0) is 16.1 Å². The summed E-state index contributed by atoms with van der Waals surface area (Å²) >= 11 is 0. The highest BCUT2D eigenvalue weighted by atomic mass is 19.1. The van der Waals surface area contributed by atoms with Gasteiger partial charge < -0.3 is 19.9 Å². The van der Waals surface area contributed by atoms with Gasteiger partial charge in [-0.1, -0.05) is 45.5 Å². The molecule has 3 aromatic rings. The lowest BCUT2D eigenvalue weighted by atomic mass is 10.0. The Balaban J connectivity index is 0.00000166. The van der Waals surface area contributed by atoms with Crippen LogP contribution in [0.1, 0.15) is 44.9 Å². The van der Waals surface area contributed by atoms with Gasteiger partial charge in [-0.15, -0.1) is 0 Å². The summed E-state index contributed by atoms with van der Waals surface area (Å²) in [4.78, 5) is 11.3. The van der Waals surface area contributed by atoms with Crippen LogP contribution in [0.5, 0.6) is 17.2 Å². The van der Waals surface area contributed by atoms with Gasteiger partial charge >= 0.3 is 5.97 Å². The molecule has 172 valence electrons. The van der Waals surface area contributed by atoms with E-state index in [1.807, 2.05) is 62.4 Å². The highest BCUT2D eigenvalue weighted by Crippen LogP contribution is 2.24. The van der Waals surface area contributed by atoms with E-state index >= 15 is 0 Å². The lowest BCUT2D eigenvalue weighted by Crippen LogP contribution is -2.16. The first-order chi connectivity index (χ1) is 15.0. The van der Waals surface area contributed by atoms with Gasteiger partial charge in [-0.2, -0.15) is 0 Å². The molecule has 0 heterocycles. The smallest absolute Gasteiger partial charge is 0.307 e. The summed E-state index contributed by atoms with van der Waals surface area (Å²) in [7, 11) is 1.34. The fraction of sp³-hybridized carbons (Fsp3) is 0.269. The van der Waals surface area contributed by atoms with Crippen molar-refractivity contribution in [3.8, 4) is 17.2 Å². The number of hydrogen-bond donors (Lipinski definition) is 1. The van der Waals surface area contributed by atoms with Crippen molar-refractivity contribution in [1.29, 1.82) is 0 Å². The number of methoxy groups -OCH3 is 1. The molecule has 6 heteroatoms. The second kappa shape index (κ2) is 13.8. The SMILES string of the molecule is C.CC.COC(=O)CC(N)c1ccc(OCc2cccc(Oc3ccc(F)cc3)c2)cc1. The first-order valence-electron chi connectivity index (χ1n) is 10.1. The molecule has 5 nitrogen and oxygen atoms in total. The van der Waals surface area contributed by atoms with Gasteiger partial charge in [-0.25, -0.2) is 4.39 Å². The molecular weight excluding hydrogens is 409 g/mol. The fourth-order valence-electron chi connectivity index (χ4n) is 2.70. The number of carbonyl (C=O) groups excluding carboxylic acids is 1. The van der Waals surface area contributed by atoms with Crippen molar-refractivity contribution in [3.63, 3.8) is 0 Å².